The molecule has 1 aromatic heterocycles. The molecule has 0 unspecified atom stereocenters. The van der Waals surface area contributed by atoms with Crippen molar-refractivity contribution in [2.24, 2.45) is 0 Å². The smallest absolute Gasteiger partial charge is 0.330 e. The van der Waals surface area contributed by atoms with Crippen LogP contribution in [-0.4, -0.2) is 96.3 Å². The third-order valence-electron chi connectivity index (χ3n) is 4.99. The fourth-order valence-corrected chi connectivity index (χ4v) is 3.27. The van der Waals surface area contributed by atoms with E-state index in [4.69, 9.17) is 19.3 Å². The number of aliphatic hydroxyl groups excluding tert-OH is 6. The van der Waals surface area contributed by atoms with Gasteiger partial charge in [0.1, 0.15) is 36.7 Å². The minimum Gasteiger partial charge on any atom is -0.394 e. The van der Waals surface area contributed by atoms with Crippen LogP contribution in [0.2, 0.25) is 0 Å². The first-order chi connectivity index (χ1) is 13.8. The van der Waals surface area contributed by atoms with Crippen molar-refractivity contribution in [3.05, 3.63) is 32.6 Å². The van der Waals surface area contributed by atoms with Gasteiger partial charge in [0.2, 0.25) is 0 Å². The minimum atomic E-state index is -1.64. The molecule has 8 atom stereocenters. The van der Waals surface area contributed by atoms with Crippen molar-refractivity contribution in [2.75, 3.05) is 13.2 Å². The average Bonchev–Trinajstić information content (AvgIpc) is 3.07. The standard InChI is InChI=1S/C16H24N2O11/c19-3-8-7(21)1-10(28-8)18-2-6(14(25)17-16(18)26)5-27-15-13(24)12(23)11(22)9(4-20)29-15/h2,7-13,15,19-24H,1,3-5H2,(H,17,25,26)/t7-,8+,9+,10+,11+,12-,13+,15-/m0/s1. The Morgan fingerprint density at radius 2 is 1.72 bits per heavy atom. The van der Waals surface area contributed by atoms with E-state index in [1.807, 2.05) is 0 Å². The quantitative estimate of drug-likeness (QED) is 0.233. The van der Waals surface area contributed by atoms with Crippen LogP contribution >= 0.6 is 0 Å². The molecule has 7 N–H and O–H groups in total. The van der Waals surface area contributed by atoms with Crippen LogP contribution in [0.25, 0.3) is 0 Å². The first-order valence-electron chi connectivity index (χ1n) is 8.97. The highest BCUT2D eigenvalue weighted by molar-refractivity contribution is 5.04. The number of aromatic amines is 1. The maximum atomic E-state index is 12.1. The summed E-state index contributed by atoms with van der Waals surface area (Å²) in [5, 5.41) is 57.7. The molecular formula is C16H24N2O11. The van der Waals surface area contributed by atoms with Gasteiger partial charge in [0.15, 0.2) is 6.29 Å². The number of ether oxygens (including phenoxy) is 3. The molecule has 2 aliphatic rings. The van der Waals surface area contributed by atoms with Gasteiger partial charge in [-0.2, -0.15) is 0 Å². The molecule has 0 amide bonds. The molecule has 0 spiro atoms. The molecule has 0 saturated carbocycles. The zero-order chi connectivity index (χ0) is 21.3. The third kappa shape index (κ3) is 4.42. The van der Waals surface area contributed by atoms with E-state index in [-0.39, 0.29) is 12.0 Å². The molecule has 2 fully saturated rings. The maximum absolute atomic E-state index is 12.1. The number of nitrogens with one attached hydrogen (secondary N) is 1. The van der Waals surface area contributed by atoms with Gasteiger partial charge in [-0.15, -0.1) is 0 Å². The van der Waals surface area contributed by atoms with Crippen LogP contribution in [0.1, 0.15) is 18.2 Å². The molecule has 13 nitrogen and oxygen atoms in total. The van der Waals surface area contributed by atoms with Crippen molar-refractivity contribution in [1.82, 2.24) is 9.55 Å². The summed E-state index contributed by atoms with van der Waals surface area (Å²) in [5.74, 6) is 0. The zero-order valence-electron chi connectivity index (χ0n) is 15.2. The molecule has 1 aromatic rings. The Bertz CT molecular complexity index is 809. The molecular weight excluding hydrogens is 396 g/mol. The van der Waals surface area contributed by atoms with Gasteiger partial charge in [0.05, 0.1) is 31.5 Å². The molecule has 2 saturated heterocycles. The average molecular weight is 420 g/mol. The molecule has 0 radical (unpaired) electrons. The highest BCUT2D eigenvalue weighted by atomic mass is 16.7. The minimum absolute atomic E-state index is 0.0180. The number of nitrogens with zero attached hydrogens (tertiary/aromatic N) is 1. The predicted molar refractivity (Wildman–Crippen MR) is 91.5 cm³/mol. The number of hydrogen-bond donors (Lipinski definition) is 7. The van der Waals surface area contributed by atoms with Gasteiger partial charge in [0, 0.05) is 12.6 Å². The lowest BCUT2D eigenvalue weighted by molar-refractivity contribution is -0.304. The van der Waals surface area contributed by atoms with Gasteiger partial charge in [-0.1, -0.05) is 0 Å². The van der Waals surface area contributed by atoms with E-state index in [1.54, 1.807) is 0 Å². The lowest BCUT2D eigenvalue weighted by Crippen LogP contribution is -2.59. The number of H-pyrrole nitrogens is 1. The fraction of sp³-hybridized carbons (Fsp3) is 0.750. The Morgan fingerprint density at radius 3 is 2.34 bits per heavy atom. The van der Waals surface area contributed by atoms with E-state index in [9.17, 15) is 35.1 Å². The summed E-state index contributed by atoms with van der Waals surface area (Å²) in [7, 11) is 0. The summed E-state index contributed by atoms with van der Waals surface area (Å²) in [5.41, 5.74) is -1.61. The molecule has 0 aromatic carbocycles. The number of aromatic nitrogens is 2. The Labute approximate surface area is 163 Å². The van der Waals surface area contributed by atoms with Gasteiger partial charge >= 0.3 is 5.69 Å². The van der Waals surface area contributed by atoms with Gasteiger partial charge in [-0.25, -0.2) is 4.79 Å². The van der Waals surface area contributed by atoms with Crippen LogP contribution in [0, 0.1) is 0 Å². The highest BCUT2D eigenvalue weighted by Gasteiger charge is 2.44. The van der Waals surface area contributed by atoms with Crippen molar-refractivity contribution in [2.45, 2.75) is 62.2 Å². The lowest BCUT2D eigenvalue weighted by atomic mass is 9.99. The normalized spacial score (nSPS) is 37.7. The SMILES string of the molecule is O=c1[nH]c(=O)n([C@H]2C[C@H](O)[C@@H](CO)O2)cc1CO[C@H]1O[C@H](CO)[C@@H](O)[C@H](O)[C@H]1O. The van der Waals surface area contributed by atoms with E-state index in [2.05, 4.69) is 4.98 Å². The van der Waals surface area contributed by atoms with Crippen LogP contribution in [0.4, 0.5) is 0 Å². The zero-order valence-corrected chi connectivity index (χ0v) is 15.2. The molecule has 0 aliphatic carbocycles. The second-order valence-corrected chi connectivity index (χ2v) is 6.94. The molecule has 0 bridgehead atoms. The van der Waals surface area contributed by atoms with Crippen LogP contribution < -0.4 is 11.2 Å². The summed E-state index contributed by atoms with van der Waals surface area (Å²) < 4.78 is 16.9. The first-order valence-corrected chi connectivity index (χ1v) is 8.97. The molecule has 3 rings (SSSR count). The summed E-state index contributed by atoms with van der Waals surface area (Å²) in [4.78, 5) is 26.2. The monoisotopic (exact) mass is 420 g/mol. The van der Waals surface area contributed by atoms with E-state index < -0.39 is 80.2 Å². The molecule has 2 aliphatic heterocycles. The highest BCUT2D eigenvalue weighted by Crippen LogP contribution is 2.27. The molecule has 3 heterocycles. The Hall–Kier alpha value is -1.68. The lowest BCUT2D eigenvalue weighted by Gasteiger charge is -2.39. The van der Waals surface area contributed by atoms with E-state index in [1.165, 1.54) is 0 Å². The third-order valence-corrected chi connectivity index (χ3v) is 4.99. The van der Waals surface area contributed by atoms with Crippen LogP contribution in [-0.2, 0) is 20.8 Å². The summed E-state index contributed by atoms with van der Waals surface area (Å²) in [6.45, 7) is -1.52. The first kappa shape index (κ1) is 22.0. The Balaban J connectivity index is 1.75. The van der Waals surface area contributed by atoms with Crippen LogP contribution in [0.15, 0.2) is 15.8 Å². The molecule has 13 heteroatoms. The summed E-state index contributed by atoms with van der Waals surface area (Å²) in [6.07, 6.45) is -9.05. The van der Waals surface area contributed by atoms with Crippen molar-refractivity contribution in [1.29, 1.82) is 0 Å². The Kier molecular flexibility index (Phi) is 6.83. The van der Waals surface area contributed by atoms with E-state index in [0.29, 0.717) is 0 Å². The summed E-state index contributed by atoms with van der Waals surface area (Å²) in [6, 6.07) is 0. The second kappa shape index (κ2) is 8.99. The van der Waals surface area contributed by atoms with Crippen molar-refractivity contribution in [3.8, 4) is 0 Å². The molecule has 164 valence electrons. The summed E-state index contributed by atoms with van der Waals surface area (Å²) >= 11 is 0. The van der Waals surface area contributed by atoms with Crippen molar-refractivity contribution < 1.29 is 44.8 Å². The van der Waals surface area contributed by atoms with Gasteiger partial charge in [-0.05, 0) is 0 Å². The maximum Gasteiger partial charge on any atom is 0.330 e. The van der Waals surface area contributed by atoms with Crippen LogP contribution in [0.5, 0.6) is 0 Å². The molecule has 29 heavy (non-hydrogen) atoms. The van der Waals surface area contributed by atoms with Gasteiger partial charge < -0.3 is 44.8 Å². The van der Waals surface area contributed by atoms with Gasteiger partial charge in [-0.3, -0.25) is 14.3 Å². The van der Waals surface area contributed by atoms with Crippen LogP contribution in [0.3, 0.4) is 0 Å². The fourth-order valence-electron chi connectivity index (χ4n) is 3.27. The predicted octanol–water partition coefficient (Wildman–Crippen LogP) is -4.51. The largest absolute Gasteiger partial charge is 0.394 e. The van der Waals surface area contributed by atoms with Gasteiger partial charge in [0.25, 0.3) is 5.56 Å². The van der Waals surface area contributed by atoms with E-state index >= 15 is 0 Å². The van der Waals surface area contributed by atoms with E-state index in [0.717, 1.165) is 10.8 Å². The number of rotatable bonds is 6. The second-order valence-electron chi connectivity index (χ2n) is 6.94. The van der Waals surface area contributed by atoms with Crippen molar-refractivity contribution in [3.63, 3.8) is 0 Å². The number of aliphatic hydroxyl groups is 6. The van der Waals surface area contributed by atoms with Crippen molar-refractivity contribution >= 4 is 0 Å². The topological polar surface area (TPSA) is 204 Å². The Morgan fingerprint density at radius 1 is 1.03 bits per heavy atom. The number of hydrogen-bond acceptors (Lipinski definition) is 11.